The van der Waals surface area contributed by atoms with Crippen molar-refractivity contribution >= 4 is 5.96 Å². The van der Waals surface area contributed by atoms with E-state index in [1.165, 1.54) is 17.4 Å². The zero-order valence-electron chi connectivity index (χ0n) is 18.8. The summed E-state index contributed by atoms with van der Waals surface area (Å²) in [6.07, 6.45) is -4.18. The summed E-state index contributed by atoms with van der Waals surface area (Å²) >= 11 is 0. The second kappa shape index (κ2) is 10.7. The van der Waals surface area contributed by atoms with Crippen LogP contribution in [-0.2, 0) is 13.1 Å². The molecule has 2 aliphatic rings. The molecule has 1 N–H and O–H groups in total. The van der Waals surface area contributed by atoms with Crippen molar-refractivity contribution in [3.05, 3.63) is 35.4 Å². The number of halogens is 3. The van der Waals surface area contributed by atoms with Crippen molar-refractivity contribution in [3.8, 4) is 0 Å². The van der Waals surface area contributed by atoms with E-state index in [0.29, 0.717) is 32.7 Å². The number of hydrogen-bond donors (Lipinski definition) is 1. The highest BCUT2D eigenvalue weighted by atomic mass is 19.4. The summed E-state index contributed by atoms with van der Waals surface area (Å²) in [4.78, 5) is 12.7. The first-order chi connectivity index (χ1) is 14.8. The van der Waals surface area contributed by atoms with Crippen LogP contribution in [0.4, 0.5) is 13.2 Å². The number of nitrogens with one attached hydrogen (secondary N) is 1. The normalized spacial score (nSPS) is 21.4. The van der Waals surface area contributed by atoms with E-state index < -0.39 is 12.2 Å². The molecular formula is C22H35F3N6. The average molecular weight is 441 g/mol. The molecule has 0 aromatic heterocycles. The summed E-state index contributed by atoms with van der Waals surface area (Å²) in [6.45, 7) is 9.10. The van der Waals surface area contributed by atoms with Crippen LogP contribution in [0.25, 0.3) is 0 Å². The molecule has 0 saturated carbocycles. The summed E-state index contributed by atoms with van der Waals surface area (Å²) in [5.41, 5.74) is 2.47. The van der Waals surface area contributed by atoms with E-state index in [2.05, 4.69) is 51.4 Å². The van der Waals surface area contributed by atoms with Crippen LogP contribution in [0.1, 0.15) is 18.1 Å². The first-order valence-corrected chi connectivity index (χ1v) is 11.0. The van der Waals surface area contributed by atoms with Gasteiger partial charge in [0.1, 0.15) is 6.04 Å². The summed E-state index contributed by atoms with van der Waals surface area (Å²) in [5.74, 6) is 0.737. The number of rotatable bonds is 5. The maximum absolute atomic E-state index is 12.9. The lowest BCUT2D eigenvalue weighted by atomic mass is 10.1. The molecule has 0 radical (unpaired) electrons. The summed E-state index contributed by atoms with van der Waals surface area (Å²) < 4.78 is 38.8. The summed E-state index contributed by atoms with van der Waals surface area (Å²) in [5, 5.41) is 3.35. The largest absolute Gasteiger partial charge is 0.403 e. The molecule has 2 aliphatic heterocycles. The Morgan fingerprint density at radius 3 is 2.10 bits per heavy atom. The van der Waals surface area contributed by atoms with Gasteiger partial charge in [-0.3, -0.25) is 14.8 Å². The Hall–Kier alpha value is -1.84. The van der Waals surface area contributed by atoms with Crippen molar-refractivity contribution in [2.24, 2.45) is 4.99 Å². The van der Waals surface area contributed by atoms with Gasteiger partial charge < -0.3 is 15.1 Å². The monoisotopic (exact) mass is 440 g/mol. The molecule has 2 saturated heterocycles. The number of aliphatic imine (C=N–C) groups is 1. The molecule has 1 unspecified atom stereocenters. The fourth-order valence-corrected chi connectivity index (χ4v) is 4.07. The predicted molar refractivity (Wildman–Crippen MR) is 118 cm³/mol. The molecule has 1 atom stereocenters. The van der Waals surface area contributed by atoms with E-state index in [9.17, 15) is 13.2 Å². The van der Waals surface area contributed by atoms with Crippen molar-refractivity contribution in [2.45, 2.75) is 32.2 Å². The van der Waals surface area contributed by atoms with Gasteiger partial charge in [-0.1, -0.05) is 24.3 Å². The molecule has 3 rings (SSSR count). The van der Waals surface area contributed by atoms with Crippen LogP contribution in [0.3, 0.4) is 0 Å². The Bertz CT molecular complexity index is 705. The minimum absolute atomic E-state index is 0.377. The quantitative estimate of drug-likeness (QED) is 0.561. The van der Waals surface area contributed by atoms with Crippen LogP contribution in [0.2, 0.25) is 0 Å². The molecule has 0 spiro atoms. The second-order valence-electron chi connectivity index (χ2n) is 8.54. The first-order valence-electron chi connectivity index (χ1n) is 11.0. The van der Waals surface area contributed by atoms with Crippen LogP contribution < -0.4 is 5.32 Å². The molecule has 9 heteroatoms. The number of nitrogens with zero attached hydrogens (tertiary/aromatic N) is 5. The topological polar surface area (TPSA) is 37.4 Å². The Kier molecular flexibility index (Phi) is 8.18. The fraction of sp³-hybridized carbons (Fsp3) is 0.682. The SMILES string of the molecule is CN=C(NCc1ccc(CN2CCN(C)CC2)cc1)N1CCN(C(C)C(F)(F)F)CC1. The van der Waals surface area contributed by atoms with E-state index in [1.807, 2.05) is 4.90 Å². The van der Waals surface area contributed by atoms with Gasteiger partial charge in [0.25, 0.3) is 0 Å². The zero-order valence-corrected chi connectivity index (χ0v) is 18.8. The third kappa shape index (κ3) is 6.82. The number of guanidine groups is 1. The van der Waals surface area contributed by atoms with E-state index in [4.69, 9.17) is 0 Å². The van der Waals surface area contributed by atoms with Gasteiger partial charge in [0.15, 0.2) is 5.96 Å². The number of benzene rings is 1. The van der Waals surface area contributed by atoms with Crippen LogP contribution in [0, 0.1) is 0 Å². The van der Waals surface area contributed by atoms with E-state index in [-0.39, 0.29) is 0 Å². The molecule has 0 amide bonds. The average Bonchev–Trinajstić information content (AvgIpc) is 2.76. The number of alkyl halides is 3. The van der Waals surface area contributed by atoms with Gasteiger partial charge in [-0.05, 0) is 25.1 Å². The van der Waals surface area contributed by atoms with Crippen molar-refractivity contribution in [1.82, 2.24) is 24.9 Å². The van der Waals surface area contributed by atoms with E-state index in [1.54, 1.807) is 7.05 Å². The van der Waals surface area contributed by atoms with Gasteiger partial charge in [-0.15, -0.1) is 0 Å². The van der Waals surface area contributed by atoms with Crippen molar-refractivity contribution in [1.29, 1.82) is 0 Å². The standard InChI is InChI=1S/C22H35F3N6/c1-18(22(23,24)25)30-12-14-31(15-13-30)21(26-2)27-16-19-4-6-20(7-5-19)17-29-10-8-28(3)9-11-29/h4-7,18H,8-17H2,1-3H3,(H,26,27). The molecule has 174 valence electrons. The van der Waals surface area contributed by atoms with Crippen LogP contribution in [-0.4, -0.2) is 104 Å². The minimum atomic E-state index is -4.18. The van der Waals surface area contributed by atoms with Gasteiger partial charge in [-0.25, -0.2) is 0 Å². The van der Waals surface area contributed by atoms with Gasteiger partial charge in [-0.2, -0.15) is 13.2 Å². The molecule has 0 aliphatic carbocycles. The van der Waals surface area contributed by atoms with Crippen molar-refractivity contribution in [2.75, 3.05) is 66.5 Å². The third-order valence-corrected chi connectivity index (χ3v) is 6.32. The highest BCUT2D eigenvalue weighted by Gasteiger charge is 2.41. The highest BCUT2D eigenvalue weighted by Crippen LogP contribution is 2.25. The molecule has 6 nitrogen and oxygen atoms in total. The van der Waals surface area contributed by atoms with Gasteiger partial charge in [0.05, 0.1) is 0 Å². The fourth-order valence-electron chi connectivity index (χ4n) is 4.07. The summed E-state index contributed by atoms with van der Waals surface area (Å²) in [7, 11) is 3.88. The van der Waals surface area contributed by atoms with E-state index >= 15 is 0 Å². The smallest absolute Gasteiger partial charge is 0.352 e. The van der Waals surface area contributed by atoms with Crippen molar-refractivity contribution < 1.29 is 13.2 Å². The lowest BCUT2D eigenvalue weighted by Crippen LogP contribution is -2.56. The van der Waals surface area contributed by atoms with Crippen LogP contribution >= 0.6 is 0 Å². The molecule has 31 heavy (non-hydrogen) atoms. The van der Waals surface area contributed by atoms with E-state index in [0.717, 1.165) is 44.2 Å². The van der Waals surface area contributed by atoms with Crippen molar-refractivity contribution in [3.63, 3.8) is 0 Å². The Morgan fingerprint density at radius 1 is 0.968 bits per heavy atom. The Labute approximate surface area is 183 Å². The van der Waals surface area contributed by atoms with Gasteiger partial charge in [0.2, 0.25) is 0 Å². The van der Waals surface area contributed by atoms with Gasteiger partial charge in [0, 0.05) is 72.5 Å². The zero-order chi connectivity index (χ0) is 22.4. The molecule has 2 heterocycles. The Morgan fingerprint density at radius 2 is 1.55 bits per heavy atom. The number of hydrogen-bond acceptors (Lipinski definition) is 4. The molecular weight excluding hydrogens is 405 g/mol. The molecule has 1 aromatic carbocycles. The maximum Gasteiger partial charge on any atom is 0.403 e. The van der Waals surface area contributed by atoms with Gasteiger partial charge >= 0.3 is 6.18 Å². The first kappa shape index (κ1) is 23.8. The van der Waals surface area contributed by atoms with Crippen LogP contribution in [0.5, 0.6) is 0 Å². The summed E-state index contributed by atoms with van der Waals surface area (Å²) in [6, 6.07) is 7.21. The molecule has 1 aromatic rings. The second-order valence-corrected chi connectivity index (χ2v) is 8.54. The number of likely N-dealkylation sites (N-methyl/N-ethyl adjacent to an activating group) is 1. The number of piperazine rings is 2. The lowest BCUT2D eigenvalue weighted by molar-refractivity contribution is -0.181. The highest BCUT2D eigenvalue weighted by molar-refractivity contribution is 5.80. The lowest BCUT2D eigenvalue weighted by Gasteiger charge is -2.39. The predicted octanol–water partition coefficient (Wildman–Crippen LogP) is 2.08. The third-order valence-electron chi connectivity index (χ3n) is 6.32. The van der Waals surface area contributed by atoms with Crippen LogP contribution in [0.15, 0.2) is 29.3 Å². The molecule has 2 fully saturated rings. The molecule has 0 bridgehead atoms. The minimum Gasteiger partial charge on any atom is -0.352 e. The maximum atomic E-state index is 12.9. The Balaban J connectivity index is 1.44.